The number of fused-ring (bicyclic) bond motifs is 1. The molecule has 19 heavy (non-hydrogen) atoms. The lowest BCUT2D eigenvalue weighted by Crippen LogP contribution is -2.01. The lowest BCUT2D eigenvalue weighted by atomic mass is 10.1. The number of nitro groups is 1. The molecule has 0 spiro atoms. The summed E-state index contributed by atoms with van der Waals surface area (Å²) in [5, 5.41) is 20.1. The van der Waals surface area contributed by atoms with Gasteiger partial charge in [-0.1, -0.05) is 0 Å². The first-order valence-corrected chi connectivity index (χ1v) is 6.33. The van der Waals surface area contributed by atoms with Crippen LogP contribution in [0.4, 0.5) is 11.4 Å². The molecular formula is C10H8N2O6S. The number of rotatable bonds is 2. The highest BCUT2D eigenvalue weighted by atomic mass is 32.2. The second-order valence-corrected chi connectivity index (χ2v) is 5.16. The van der Waals surface area contributed by atoms with Gasteiger partial charge in [-0.15, -0.1) is 0 Å². The maximum atomic E-state index is 11.2. The van der Waals surface area contributed by atoms with E-state index in [0.717, 1.165) is 24.3 Å². The number of nitrogens with zero attached hydrogens (tertiary/aromatic N) is 1. The normalized spacial score (nSPS) is 11.6. The monoisotopic (exact) mass is 284 g/mol. The van der Waals surface area contributed by atoms with E-state index >= 15 is 0 Å². The lowest BCUT2D eigenvalue weighted by molar-refractivity contribution is -0.384. The Morgan fingerprint density at radius 2 is 1.84 bits per heavy atom. The number of nitrogen functional groups attached to an aromatic ring is 1. The Morgan fingerprint density at radius 3 is 2.37 bits per heavy atom. The van der Waals surface area contributed by atoms with Gasteiger partial charge in [-0.2, -0.15) is 8.42 Å². The highest BCUT2D eigenvalue weighted by Gasteiger charge is 2.20. The first-order chi connectivity index (χ1) is 8.71. The Morgan fingerprint density at radius 1 is 1.21 bits per heavy atom. The third kappa shape index (κ3) is 2.16. The van der Waals surface area contributed by atoms with Gasteiger partial charge in [0.25, 0.3) is 15.8 Å². The van der Waals surface area contributed by atoms with Gasteiger partial charge >= 0.3 is 0 Å². The molecule has 0 unspecified atom stereocenters. The molecule has 4 N–H and O–H groups in total. The number of anilines is 1. The molecule has 0 amide bonds. The average Bonchev–Trinajstić information content (AvgIpc) is 2.31. The van der Waals surface area contributed by atoms with E-state index in [-0.39, 0.29) is 22.1 Å². The summed E-state index contributed by atoms with van der Waals surface area (Å²) in [7, 11) is -4.59. The molecule has 2 rings (SSSR count). The lowest BCUT2D eigenvalue weighted by Gasteiger charge is -2.08. The summed E-state index contributed by atoms with van der Waals surface area (Å²) in [6, 6.07) is 4.04. The standard InChI is InChI=1S/C10H8N2O6S/c11-10-7-3-5(12(14)15)1-2-6(7)9(4-8(10)13)19(16,17)18/h1-4,13H,11H2,(H,16,17,18). The SMILES string of the molecule is Nc1c(O)cc(S(=O)(=O)O)c2ccc([N+](=O)[O-])cc12. The summed E-state index contributed by atoms with van der Waals surface area (Å²) in [4.78, 5) is 9.41. The van der Waals surface area contributed by atoms with Gasteiger partial charge in [0.15, 0.2) is 0 Å². The molecule has 8 nitrogen and oxygen atoms in total. The second-order valence-electron chi connectivity index (χ2n) is 3.77. The van der Waals surface area contributed by atoms with E-state index in [1.165, 1.54) is 0 Å². The van der Waals surface area contributed by atoms with Crippen molar-refractivity contribution in [3.63, 3.8) is 0 Å². The molecule has 0 radical (unpaired) electrons. The number of nitro benzene ring substituents is 1. The average molecular weight is 284 g/mol. The van der Waals surface area contributed by atoms with E-state index in [9.17, 15) is 23.6 Å². The molecule has 0 aliphatic rings. The molecule has 0 fully saturated rings. The summed E-state index contributed by atoms with van der Waals surface area (Å²) in [5.74, 6) is -0.583. The van der Waals surface area contributed by atoms with Crippen LogP contribution in [0.5, 0.6) is 5.75 Å². The van der Waals surface area contributed by atoms with Gasteiger partial charge in [-0.3, -0.25) is 14.7 Å². The zero-order valence-electron chi connectivity index (χ0n) is 9.27. The highest BCUT2D eigenvalue weighted by Crippen LogP contribution is 2.36. The predicted molar refractivity (Wildman–Crippen MR) is 66.5 cm³/mol. The van der Waals surface area contributed by atoms with Crippen molar-refractivity contribution in [1.82, 2.24) is 0 Å². The van der Waals surface area contributed by atoms with Crippen LogP contribution in [0.25, 0.3) is 10.8 Å². The summed E-state index contributed by atoms with van der Waals surface area (Å²) >= 11 is 0. The number of hydrogen-bond acceptors (Lipinski definition) is 6. The fraction of sp³-hybridized carbons (Fsp3) is 0. The number of hydrogen-bond donors (Lipinski definition) is 3. The third-order valence-electron chi connectivity index (χ3n) is 2.59. The van der Waals surface area contributed by atoms with E-state index in [1.54, 1.807) is 0 Å². The molecule has 0 atom stereocenters. The maximum Gasteiger partial charge on any atom is 0.295 e. The summed E-state index contributed by atoms with van der Waals surface area (Å²) < 4.78 is 31.5. The van der Waals surface area contributed by atoms with Gasteiger partial charge in [0, 0.05) is 29.0 Å². The van der Waals surface area contributed by atoms with Crippen LogP contribution in [0.1, 0.15) is 0 Å². The summed E-state index contributed by atoms with van der Waals surface area (Å²) in [6.07, 6.45) is 0. The molecule has 0 aliphatic heterocycles. The smallest absolute Gasteiger partial charge is 0.295 e. The molecule has 9 heteroatoms. The van der Waals surface area contributed by atoms with Gasteiger partial charge in [0.1, 0.15) is 10.6 Å². The van der Waals surface area contributed by atoms with E-state index < -0.39 is 25.7 Å². The fourth-order valence-electron chi connectivity index (χ4n) is 1.71. The van der Waals surface area contributed by atoms with Crippen molar-refractivity contribution >= 4 is 32.3 Å². The Labute approximate surface area is 107 Å². The molecule has 0 saturated carbocycles. The van der Waals surface area contributed by atoms with Crippen molar-refractivity contribution in [3.8, 4) is 5.75 Å². The number of phenolic OH excluding ortho intramolecular Hbond substituents is 1. The van der Waals surface area contributed by atoms with Gasteiger partial charge in [-0.25, -0.2) is 0 Å². The van der Waals surface area contributed by atoms with Gasteiger partial charge in [0.2, 0.25) is 0 Å². The number of aromatic hydroxyl groups is 1. The van der Waals surface area contributed by atoms with Crippen LogP contribution in [0.2, 0.25) is 0 Å². The minimum atomic E-state index is -4.59. The van der Waals surface area contributed by atoms with Crippen molar-refractivity contribution < 1.29 is 23.0 Å². The van der Waals surface area contributed by atoms with Crippen LogP contribution in [0.3, 0.4) is 0 Å². The minimum absolute atomic E-state index is 0.0107. The molecule has 0 heterocycles. The summed E-state index contributed by atoms with van der Waals surface area (Å²) in [6.45, 7) is 0. The zero-order valence-corrected chi connectivity index (χ0v) is 10.1. The number of phenols is 1. The highest BCUT2D eigenvalue weighted by molar-refractivity contribution is 7.86. The molecule has 2 aromatic rings. The van der Waals surface area contributed by atoms with E-state index in [2.05, 4.69) is 0 Å². The maximum absolute atomic E-state index is 11.2. The number of benzene rings is 2. The Balaban J connectivity index is 2.97. The van der Waals surface area contributed by atoms with Crippen molar-refractivity contribution in [3.05, 3.63) is 34.4 Å². The van der Waals surface area contributed by atoms with Crippen LogP contribution in [0.15, 0.2) is 29.2 Å². The second kappa shape index (κ2) is 4.07. The quantitative estimate of drug-likeness (QED) is 0.247. The molecule has 0 aliphatic carbocycles. The van der Waals surface area contributed by atoms with Crippen LogP contribution in [-0.4, -0.2) is 23.0 Å². The number of non-ortho nitro benzene ring substituents is 1. The Kier molecular flexibility index (Phi) is 2.80. The first kappa shape index (κ1) is 13.1. The third-order valence-corrected chi connectivity index (χ3v) is 3.48. The van der Waals surface area contributed by atoms with E-state index in [1.807, 2.05) is 0 Å². The van der Waals surface area contributed by atoms with Crippen molar-refractivity contribution in [2.24, 2.45) is 0 Å². The Hall–Kier alpha value is -2.39. The van der Waals surface area contributed by atoms with Crippen molar-refractivity contribution in [2.75, 3.05) is 5.73 Å². The van der Waals surface area contributed by atoms with Crippen LogP contribution in [0, 0.1) is 10.1 Å². The van der Waals surface area contributed by atoms with Crippen LogP contribution in [-0.2, 0) is 10.1 Å². The minimum Gasteiger partial charge on any atom is -0.506 e. The van der Waals surface area contributed by atoms with E-state index in [0.29, 0.717) is 0 Å². The molecule has 2 aromatic carbocycles. The van der Waals surface area contributed by atoms with Crippen LogP contribution >= 0.6 is 0 Å². The molecular weight excluding hydrogens is 276 g/mol. The van der Waals surface area contributed by atoms with Crippen molar-refractivity contribution in [2.45, 2.75) is 4.90 Å². The predicted octanol–water partition coefficient (Wildman–Crippen LogP) is 1.28. The van der Waals surface area contributed by atoms with Gasteiger partial charge < -0.3 is 10.8 Å². The Bertz CT molecular complexity index is 799. The van der Waals surface area contributed by atoms with Gasteiger partial charge in [0.05, 0.1) is 10.6 Å². The largest absolute Gasteiger partial charge is 0.506 e. The number of nitrogens with two attached hydrogens (primary N) is 1. The topological polar surface area (TPSA) is 144 Å². The fourth-order valence-corrected chi connectivity index (χ4v) is 2.43. The molecule has 0 aromatic heterocycles. The molecule has 100 valence electrons. The summed E-state index contributed by atoms with van der Waals surface area (Å²) in [5.41, 5.74) is 5.03. The first-order valence-electron chi connectivity index (χ1n) is 4.89. The molecule has 0 bridgehead atoms. The molecule has 0 saturated heterocycles. The van der Waals surface area contributed by atoms with E-state index in [4.69, 9.17) is 10.3 Å². The van der Waals surface area contributed by atoms with Crippen molar-refractivity contribution in [1.29, 1.82) is 0 Å². The van der Waals surface area contributed by atoms with Crippen LogP contribution < -0.4 is 5.73 Å². The van der Waals surface area contributed by atoms with Gasteiger partial charge in [-0.05, 0) is 6.07 Å². The zero-order chi connectivity index (χ0) is 14.4.